The van der Waals surface area contributed by atoms with Gasteiger partial charge in [0.1, 0.15) is 11.9 Å². The molecule has 2 aromatic rings. The normalized spacial score (nSPS) is 11.9. The van der Waals surface area contributed by atoms with Crippen molar-refractivity contribution in [3.8, 4) is 0 Å². The fraction of sp³-hybridized carbons (Fsp3) is 0.188. The number of anilines is 1. The lowest BCUT2D eigenvalue weighted by Crippen LogP contribution is -2.86. The third-order valence-electron chi connectivity index (χ3n) is 3.09. The molecule has 1 amide bonds. The minimum atomic E-state index is -0.357. The van der Waals surface area contributed by atoms with Gasteiger partial charge in [0.15, 0.2) is 6.54 Å². The molecule has 20 heavy (non-hydrogen) atoms. The molecule has 4 heteroatoms. The van der Waals surface area contributed by atoms with Crippen LogP contribution in [0.3, 0.4) is 0 Å². The van der Waals surface area contributed by atoms with Crippen LogP contribution >= 0.6 is 0 Å². The molecule has 0 bridgehead atoms. The molecule has 0 saturated heterocycles. The molecule has 0 aromatic heterocycles. The molecular formula is C16H18FN2O+. The number of carbonyl (C=O) groups excluding carboxylic acids is 1. The van der Waals surface area contributed by atoms with Gasteiger partial charge in [0.05, 0.1) is 0 Å². The highest BCUT2D eigenvalue weighted by molar-refractivity contribution is 5.91. The van der Waals surface area contributed by atoms with Crippen molar-refractivity contribution in [1.29, 1.82) is 0 Å². The second kappa shape index (κ2) is 6.82. The number of halogens is 1. The molecule has 0 fully saturated rings. The van der Waals surface area contributed by atoms with Crippen LogP contribution in [0.15, 0.2) is 54.6 Å². The van der Waals surface area contributed by atoms with E-state index in [9.17, 15) is 9.18 Å². The largest absolute Gasteiger partial charge is 0.333 e. The van der Waals surface area contributed by atoms with Crippen molar-refractivity contribution in [3.63, 3.8) is 0 Å². The zero-order valence-corrected chi connectivity index (χ0v) is 11.3. The van der Waals surface area contributed by atoms with Crippen molar-refractivity contribution in [3.05, 3.63) is 66.0 Å². The van der Waals surface area contributed by atoms with Gasteiger partial charge < -0.3 is 10.6 Å². The molecule has 0 radical (unpaired) electrons. The fourth-order valence-corrected chi connectivity index (χ4v) is 1.95. The predicted octanol–water partition coefficient (Wildman–Crippen LogP) is 2.09. The maximum Gasteiger partial charge on any atom is 0.279 e. The van der Waals surface area contributed by atoms with Crippen LogP contribution in [0.25, 0.3) is 0 Å². The van der Waals surface area contributed by atoms with E-state index < -0.39 is 0 Å². The number of rotatable bonds is 5. The molecule has 0 heterocycles. The van der Waals surface area contributed by atoms with E-state index in [1.54, 1.807) is 12.1 Å². The summed E-state index contributed by atoms with van der Waals surface area (Å²) < 4.78 is 13.0. The maximum absolute atomic E-state index is 13.0. The number of nitrogens with one attached hydrogen (secondary N) is 1. The average molecular weight is 273 g/mol. The second-order valence-electron chi connectivity index (χ2n) is 4.70. The van der Waals surface area contributed by atoms with Crippen LogP contribution in [0.4, 0.5) is 10.1 Å². The van der Waals surface area contributed by atoms with E-state index in [4.69, 9.17) is 0 Å². The van der Waals surface area contributed by atoms with Gasteiger partial charge in [-0.3, -0.25) is 4.79 Å². The van der Waals surface area contributed by atoms with E-state index in [-0.39, 0.29) is 17.8 Å². The summed E-state index contributed by atoms with van der Waals surface area (Å²) in [5.41, 5.74) is 1.65. The molecule has 2 aromatic carbocycles. The molecule has 0 aliphatic rings. The molecule has 0 aliphatic carbocycles. The Labute approximate surface area is 117 Å². The number of benzene rings is 2. The van der Waals surface area contributed by atoms with Gasteiger partial charge in [-0.15, -0.1) is 0 Å². The summed E-state index contributed by atoms with van der Waals surface area (Å²) in [7, 11) is 0. The van der Waals surface area contributed by atoms with Crippen molar-refractivity contribution in [1.82, 2.24) is 0 Å². The lowest BCUT2D eigenvalue weighted by molar-refractivity contribution is -0.682. The third-order valence-corrected chi connectivity index (χ3v) is 3.09. The minimum absolute atomic E-state index is 0.140. The van der Waals surface area contributed by atoms with Gasteiger partial charge in [0.2, 0.25) is 0 Å². The first-order valence-corrected chi connectivity index (χ1v) is 6.59. The highest BCUT2D eigenvalue weighted by atomic mass is 19.1. The first kappa shape index (κ1) is 14.2. The van der Waals surface area contributed by atoms with E-state index in [2.05, 4.69) is 5.32 Å². The summed E-state index contributed by atoms with van der Waals surface area (Å²) in [6, 6.07) is 16.1. The Morgan fingerprint density at radius 1 is 1.20 bits per heavy atom. The quantitative estimate of drug-likeness (QED) is 0.861. The van der Waals surface area contributed by atoms with Crippen molar-refractivity contribution < 1.29 is 14.5 Å². The van der Waals surface area contributed by atoms with Crippen molar-refractivity contribution in [2.24, 2.45) is 0 Å². The molecule has 0 saturated carbocycles. The van der Waals surface area contributed by atoms with E-state index in [1.807, 2.05) is 42.6 Å². The van der Waals surface area contributed by atoms with E-state index in [1.165, 1.54) is 17.7 Å². The van der Waals surface area contributed by atoms with Crippen molar-refractivity contribution in [2.75, 3.05) is 11.9 Å². The molecule has 104 valence electrons. The number of quaternary nitrogens is 1. The lowest BCUT2D eigenvalue weighted by Gasteiger charge is -2.11. The van der Waals surface area contributed by atoms with Crippen molar-refractivity contribution in [2.45, 2.75) is 13.0 Å². The Hall–Kier alpha value is -2.20. The highest BCUT2D eigenvalue weighted by Gasteiger charge is 2.11. The molecular weight excluding hydrogens is 255 g/mol. The maximum atomic E-state index is 13.0. The third kappa shape index (κ3) is 4.17. The highest BCUT2D eigenvalue weighted by Crippen LogP contribution is 2.09. The smallest absolute Gasteiger partial charge is 0.279 e. The summed E-state index contributed by atoms with van der Waals surface area (Å²) in [4.78, 5) is 11.8. The first-order chi connectivity index (χ1) is 9.65. The Bertz CT molecular complexity index is 572. The number of hydrogen-bond acceptors (Lipinski definition) is 1. The van der Waals surface area contributed by atoms with Gasteiger partial charge in [-0.05, 0) is 25.1 Å². The molecule has 0 spiro atoms. The number of amides is 1. The zero-order chi connectivity index (χ0) is 14.4. The van der Waals surface area contributed by atoms with Gasteiger partial charge >= 0.3 is 0 Å². The fourth-order valence-electron chi connectivity index (χ4n) is 1.95. The number of nitrogens with two attached hydrogens (primary N) is 1. The second-order valence-corrected chi connectivity index (χ2v) is 4.70. The predicted molar refractivity (Wildman–Crippen MR) is 76.7 cm³/mol. The summed E-state index contributed by atoms with van der Waals surface area (Å²) in [5, 5.41) is 4.63. The van der Waals surface area contributed by atoms with Crippen LogP contribution in [0.5, 0.6) is 0 Å². The van der Waals surface area contributed by atoms with E-state index in [0.717, 1.165) is 0 Å². The molecule has 1 atom stereocenters. The Balaban J connectivity index is 1.83. The van der Waals surface area contributed by atoms with Crippen molar-refractivity contribution >= 4 is 11.6 Å². The van der Waals surface area contributed by atoms with Crippen LogP contribution in [-0.2, 0) is 4.79 Å². The van der Waals surface area contributed by atoms with Crippen LogP contribution in [0.2, 0.25) is 0 Å². The molecule has 3 N–H and O–H groups in total. The van der Waals surface area contributed by atoms with Gasteiger partial charge in [-0.2, -0.15) is 0 Å². The summed E-state index contributed by atoms with van der Waals surface area (Å²) in [5.74, 6) is -0.497. The minimum Gasteiger partial charge on any atom is -0.333 e. The Morgan fingerprint density at radius 2 is 1.95 bits per heavy atom. The SMILES string of the molecule is C[C@@H]([NH2+]CC(=O)Nc1cccc(F)c1)c1ccccc1. The summed E-state index contributed by atoms with van der Waals surface area (Å²) in [6.45, 7) is 2.34. The van der Waals surface area contributed by atoms with Gasteiger partial charge in [0.25, 0.3) is 5.91 Å². The summed E-state index contributed by atoms with van der Waals surface area (Å²) >= 11 is 0. The van der Waals surface area contributed by atoms with Gasteiger partial charge in [0, 0.05) is 11.3 Å². The number of carbonyl (C=O) groups is 1. The zero-order valence-electron chi connectivity index (χ0n) is 11.3. The molecule has 2 rings (SSSR count). The number of hydrogen-bond donors (Lipinski definition) is 2. The first-order valence-electron chi connectivity index (χ1n) is 6.59. The van der Waals surface area contributed by atoms with E-state index >= 15 is 0 Å². The molecule has 0 unspecified atom stereocenters. The summed E-state index contributed by atoms with van der Waals surface area (Å²) in [6.07, 6.45) is 0. The van der Waals surface area contributed by atoms with Gasteiger partial charge in [-0.1, -0.05) is 36.4 Å². The van der Waals surface area contributed by atoms with Crippen LogP contribution in [0, 0.1) is 5.82 Å². The average Bonchev–Trinajstić information content (AvgIpc) is 2.46. The lowest BCUT2D eigenvalue weighted by atomic mass is 10.1. The van der Waals surface area contributed by atoms with Gasteiger partial charge in [-0.25, -0.2) is 4.39 Å². The van der Waals surface area contributed by atoms with Crippen LogP contribution in [-0.4, -0.2) is 12.5 Å². The van der Waals surface area contributed by atoms with Crippen LogP contribution < -0.4 is 10.6 Å². The Morgan fingerprint density at radius 3 is 2.65 bits per heavy atom. The standard InChI is InChI=1S/C16H17FN2O/c1-12(13-6-3-2-4-7-13)18-11-16(20)19-15-9-5-8-14(17)10-15/h2-10,12,18H,11H2,1H3,(H,19,20)/p+1/t12-/m1/s1. The Kier molecular flexibility index (Phi) is 4.85. The molecule has 0 aliphatic heterocycles. The topological polar surface area (TPSA) is 45.7 Å². The molecule has 3 nitrogen and oxygen atoms in total. The monoisotopic (exact) mass is 273 g/mol. The van der Waals surface area contributed by atoms with Crippen LogP contribution in [0.1, 0.15) is 18.5 Å². The van der Waals surface area contributed by atoms with E-state index in [0.29, 0.717) is 12.2 Å².